The van der Waals surface area contributed by atoms with Crippen LogP contribution in [0.1, 0.15) is 0 Å². The van der Waals surface area contributed by atoms with E-state index in [1.165, 1.54) is 0 Å². The van der Waals surface area contributed by atoms with Crippen LogP contribution in [0.3, 0.4) is 0 Å². The molecule has 0 saturated heterocycles. The first-order valence-electron chi connectivity index (χ1n) is 14.3. The van der Waals surface area contributed by atoms with Gasteiger partial charge in [0.15, 0.2) is 0 Å². The molecule has 4 aromatic rings. The lowest BCUT2D eigenvalue weighted by molar-refractivity contribution is 1.45. The van der Waals surface area contributed by atoms with Crippen molar-refractivity contribution in [3.8, 4) is 0 Å². The van der Waals surface area contributed by atoms with E-state index >= 15 is 0 Å². The van der Waals surface area contributed by atoms with Crippen molar-refractivity contribution in [2.45, 2.75) is 0 Å². The van der Waals surface area contributed by atoms with E-state index in [1.807, 2.05) is 97.1 Å². The number of hydrogen-bond donors (Lipinski definition) is 3. The maximum absolute atomic E-state index is 4.67. The van der Waals surface area contributed by atoms with Gasteiger partial charge in [-0.2, -0.15) is 0 Å². The van der Waals surface area contributed by atoms with Gasteiger partial charge < -0.3 is 16.0 Å². The average Bonchev–Trinajstić information content (AvgIpc) is 3.06. The van der Waals surface area contributed by atoms with Crippen LogP contribution in [0.5, 0.6) is 0 Å². The molecule has 0 spiro atoms. The molecule has 0 unspecified atom stereocenters. The fourth-order valence-corrected chi connectivity index (χ4v) is 4.56. The minimum absolute atomic E-state index is 0.901. The molecule has 0 radical (unpaired) electrons. The molecule has 2 aliphatic rings. The lowest BCUT2D eigenvalue weighted by Gasteiger charge is -2.11. The topological polar surface area (TPSA) is 73.2 Å². The lowest BCUT2D eigenvalue weighted by Crippen LogP contribution is -1.99. The number of anilines is 6. The van der Waals surface area contributed by atoms with Gasteiger partial charge in [-0.05, 0) is 139 Å². The zero-order valence-electron chi connectivity index (χ0n) is 24.4. The molecule has 0 atom stereocenters. The third-order valence-corrected chi connectivity index (χ3v) is 6.93. The maximum Gasteiger partial charge on any atom is 0.0638 e. The Bertz CT molecular complexity index is 1810. The van der Waals surface area contributed by atoms with Gasteiger partial charge in [-0.25, -0.2) is 9.98 Å². The van der Waals surface area contributed by atoms with E-state index in [0.717, 1.165) is 68.2 Å². The van der Waals surface area contributed by atoms with Crippen molar-refractivity contribution in [2.75, 3.05) is 23.0 Å². The van der Waals surface area contributed by atoms with Crippen LogP contribution in [-0.4, -0.2) is 24.2 Å². The molecule has 3 N–H and O–H groups in total. The third kappa shape index (κ3) is 7.63. The number of hydrogen-bond acceptors (Lipinski definition) is 6. The molecule has 6 rings (SSSR count). The normalized spacial score (nSPS) is 13.6. The van der Waals surface area contributed by atoms with Crippen molar-refractivity contribution in [1.82, 2.24) is 0 Å². The average molecular weight is 573 g/mol. The highest BCUT2D eigenvalue weighted by atomic mass is 14.9. The zero-order valence-corrected chi connectivity index (χ0v) is 24.4. The molecule has 44 heavy (non-hydrogen) atoms. The molecule has 0 amide bonds. The SMILES string of the molecule is C=C1C=CC(=Nc2ccc(Nc3ccc(Nc4ccc(Nc5ccc(N=C6C=CC(=NC)C=C6)cc5)cc4)cc3)cc2)C=C1. The largest absolute Gasteiger partial charge is 0.356 e. The Morgan fingerprint density at radius 2 is 0.659 bits per heavy atom. The molecule has 2 aliphatic carbocycles. The summed E-state index contributed by atoms with van der Waals surface area (Å²) in [6.07, 6.45) is 15.7. The molecular weight excluding hydrogens is 540 g/mol. The summed E-state index contributed by atoms with van der Waals surface area (Å²) < 4.78 is 0. The first-order chi connectivity index (χ1) is 21.6. The van der Waals surface area contributed by atoms with E-state index in [4.69, 9.17) is 0 Å². The fraction of sp³-hybridized carbons (Fsp3) is 0.0263. The van der Waals surface area contributed by atoms with Crippen LogP contribution < -0.4 is 16.0 Å². The molecule has 0 aliphatic heterocycles. The summed E-state index contributed by atoms with van der Waals surface area (Å²) in [5.74, 6) is 0. The zero-order chi connectivity index (χ0) is 30.1. The summed E-state index contributed by atoms with van der Waals surface area (Å²) in [7, 11) is 1.78. The molecule has 6 heteroatoms. The quantitative estimate of drug-likeness (QED) is 0.184. The smallest absolute Gasteiger partial charge is 0.0638 e. The summed E-state index contributed by atoms with van der Waals surface area (Å²) in [5, 5.41) is 10.4. The van der Waals surface area contributed by atoms with Crippen molar-refractivity contribution >= 4 is 62.6 Å². The second-order valence-electron chi connectivity index (χ2n) is 10.3. The van der Waals surface area contributed by atoms with Gasteiger partial charge in [-0.1, -0.05) is 18.7 Å². The van der Waals surface area contributed by atoms with Crippen molar-refractivity contribution in [3.05, 3.63) is 158 Å². The molecule has 214 valence electrons. The minimum atomic E-state index is 0.901. The van der Waals surface area contributed by atoms with Crippen LogP contribution in [0.2, 0.25) is 0 Å². The Morgan fingerprint density at radius 1 is 0.386 bits per heavy atom. The van der Waals surface area contributed by atoms with Crippen molar-refractivity contribution < 1.29 is 0 Å². The Kier molecular flexibility index (Phi) is 8.51. The summed E-state index contributed by atoms with van der Waals surface area (Å²) in [5.41, 5.74) is 11.6. The van der Waals surface area contributed by atoms with Crippen LogP contribution in [0.25, 0.3) is 0 Å². The van der Waals surface area contributed by atoms with E-state index in [-0.39, 0.29) is 0 Å². The van der Waals surface area contributed by atoms with Crippen LogP contribution in [0, 0.1) is 0 Å². The molecule has 0 bridgehead atoms. The second kappa shape index (κ2) is 13.3. The Balaban J connectivity index is 1.000. The predicted molar refractivity (Wildman–Crippen MR) is 189 cm³/mol. The molecular formula is C38H32N6. The molecule has 0 fully saturated rings. The molecule has 4 aromatic carbocycles. The van der Waals surface area contributed by atoms with Gasteiger partial charge in [-0.15, -0.1) is 0 Å². The number of nitrogens with zero attached hydrogens (tertiary/aromatic N) is 3. The monoisotopic (exact) mass is 572 g/mol. The number of nitrogens with one attached hydrogen (secondary N) is 3. The number of benzene rings is 4. The van der Waals surface area contributed by atoms with Gasteiger partial charge in [0.25, 0.3) is 0 Å². The van der Waals surface area contributed by atoms with Gasteiger partial charge in [0.05, 0.1) is 28.5 Å². The van der Waals surface area contributed by atoms with Crippen molar-refractivity contribution in [2.24, 2.45) is 15.0 Å². The summed E-state index contributed by atoms with van der Waals surface area (Å²) >= 11 is 0. The van der Waals surface area contributed by atoms with Gasteiger partial charge in [0.1, 0.15) is 0 Å². The van der Waals surface area contributed by atoms with Gasteiger partial charge in [-0.3, -0.25) is 4.99 Å². The molecule has 0 saturated carbocycles. The van der Waals surface area contributed by atoms with E-state index in [2.05, 4.69) is 86.0 Å². The van der Waals surface area contributed by atoms with Crippen LogP contribution in [0.4, 0.5) is 45.5 Å². The molecule has 0 heterocycles. The first kappa shape index (κ1) is 28.1. The maximum atomic E-state index is 4.67. The van der Waals surface area contributed by atoms with Crippen molar-refractivity contribution in [1.29, 1.82) is 0 Å². The lowest BCUT2D eigenvalue weighted by atomic mass is 10.1. The molecule has 0 aromatic heterocycles. The van der Waals surface area contributed by atoms with Crippen LogP contribution in [-0.2, 0) is 0 Å². The van der Waals surface area contributed by atoms with E-state index in [9.17, 15) is 0 Å². The summed E-state index contributed by atoms with van der Waals surface area (Å²) in [6.45, 7) is 3.92. The van der Waals surface area contributed by atoms with E-state index < -0.39 is 0 Å². The van der Waals surface area contributed by atoms with Gasteiger partial charge in [0, 0.05) is 41.2 Å². The minimum Gasteiger partial charge on any atom is -0.356 e. The number of aliphatic imine (C=N–C) groups is 3. The highest BCUT2D eigenvalue weighted by Crippen LogP contribution is 2.26. The van der Waals surface area contributed by atoms with Crippen LogP contribution >= 0.6 is 0 Å². The summed E-state index contributed by atoms with van der Waals surface area (Å²) in [6, 6.07) is 32.6. The highest BCUT2D eigenvalue weighted by molar-refractivity contribution is 6.19. The fourth-order valence-electron chi connectivity index (χ4n) is 4.56. The predicted octanol–water partition coefficient (Wildman–Crippen LogP) is 9.94. The Hall–Kier alpha value is -6.01. The number of rotatable bonds is 8. The standard InChI is InChI=1S/C38H32N6/c1-27-3-5-29(6-4-27)40-31-11-13-33(14-12-31)42-35-19-21-37(22-20-35)44-38-25-23-36(24-26-38)43-34-17-15-32(16-18-34)41-30-9-7-28(39-2)8-10-30/h3-26,42-44H,1H2,2H3. The van der Waals surface area contributed by atoms with Crippen LogP contribution in [0.15, 0.2) is 173 Å². The summed E-state index contributed by atoms with van der Waals surface area (Å²) in [4.78, 5) is 13.5. The van der Waals surface area contributed by atoms with Gasteiger partial charge in [0.2, 0.25) is 0 Å². The Morgan fingerprint density at radius 3 is 0.977 bits per heavy atom. The highest BCUT2D eigenvalue weighted by Gasteiger charge is 2.02. The second-order valence-corrected chi connectivity index (χ2v) is 10.3. The number of allylic oxidation sites excluding steroid dienone is 9. The van der Waals surface area contributed by atoms with E-state index in [0.29, 0.717) is 0 Å². The molecule has 6 nitrogen and oxygen atoms in total. The Labute approximate surface area is 258 Å². The third-order valence-electron chi connectivity index (χ3n) is 6.93. The first-order valence-corrected chi connectivity index (χ1v) is 14.3. The van der Waals surface area contributed by atoms with Crippen molar-refractivity contribution in [3.63, 3.8) is 0 Å². The van der Waals surface area contributed by atoms with E-state index in [1.54, 1.807) is 7.05 Å². The van der Waals surface area contributed by atoms with Gasteiger partial charge >= 0.3 is 0 Å².